The number of aromatic nitrogens is 1. The molecule has 0 saturated heterocycles. The fraction of sp³-hybridized carbons (Fsp3) is 0.556. The molecule has 1 aromatic heterocycles. The average Bonchev–Trinajstić information content (AvgIpc) is 2.55. The van der Waals surface area contributed by atoms with Crippen molar-refractivity contribution in [2.45, 2.75) is 20.3 Å². The van der Waals surface area contributed by atoms with Gasteiger partial charge in [0.15, 0.2) is 5.13 Å². The summed E-state index contributed by atoms with van der Waals surface area (Å²) in [5, 5.41) is 11.5. The molecule has 84 valence electrons. The summed E-state index contributed by atoms with van der Waals surface area (Å²) in [4.78, 5) is 16.4. The smallest absolute Gasteiger partial charge is 0.413 e. The molecule has 0 saturated carbocycles. The third-order valence-corrected chi connectivity index (χ3v) is 2.69. The van der Waals surface area contributed by atoms with Crippen molar-refractivity contribution in [1.82, 2.24) is 4.98 Å². The first-order valence-electron chi connectivity index (χ1n) is 4.68. The maximum absolute atomic E-state index is 11.1. The maximum atomic E-state index is 11.1. The SMILES string of the molecule is CCc1nc(NC(=O)OCCO)sc1C. The minimum atomic E-state index is -0.583. The molecular weight excluding hydrogens is 216 g/mol. The van der Waals surface area contributed by atoms with Crippen molar-refractivity contribution in [2.75, 3.05) is 18.5 Å². The number of aliphatic hydroxyl groups is 1. The van der Waals surface area contributed by atoms with Gasteiger partial charge in [-0.05, 0) is 13.3 Å². The van der Waals surface area contributed by atoms with Crippen LogP contribution < -0.4 is 5.32 Å². The van der Waals surface area contributed by atoms with Crippen LogP contribution in [0.5, 0.6) is 0 Å². The second kappa shape index (κ2) is 5.67. The van der Waals surface area contributed by atoms with Gasteiger partial charge in [0.2, 0.25) is 0 Å². The molecule has 0 unspecified atom stereocenters. The molecule has 0 aromatic carbocycles. The standard InChI is InChI=1S/C9H14N2O3S/c1-3-7-6(2)15-8(10-7)11-9(13)14-5-4-12/h12H,3-5H2,1-2H3,(H,10,11,13). The second-order valence-corrected chi connectivity index (χ2v) is 4.06. The van der Waals surface area contributed by atoms with E-state index in [1.807, 2.05) is 13.8 Å². The predicted octanol–water partition coefficient (Wildman–Crippen LogP) is 1.55. The summed E-state index contributed by atoms with van der Waals surface area (Å²) in [6.45, 7) is 3.79. The van der Waals surface area contributed by atoms with Gasteiger partial charge in [-0.3, -0.25) is 5.32 Å². The summed E-state index contributed by atoms with van der Waals surface area (Å²) in [5.41, 5.74) is 0.984. The van der Waals surface area contributed by atoms with E-state index in [0.717, 1.165) is 17.0 Å². The molecule has 0 aliphatic rings. The Morgan fingerprint density at radius 1 is 1.67 bits per heavy atom. The highest BCUT2D eigenvalue weighted by Crippen LogP contribution is 2.22. The van der Waals surface area contributed by atoms with E-state index in [9.17, 15) is 4.79 Å². The Kier molecular flexibility index (Phi) is 4.51. The fourth-order valence-electron chi connectivity index (χ4n) is 1.07. The zero-order valence-electron chi connectivity index (χ0n) is 8.74. The van der Waals surface area contributed by atoms with Gasteiger partial charge < -0.3 is 9.84 Å². The van der Waals surface area contributed by atoms with E-state index in [1.54, 1.807) is 0 Å². The van der Waals surface area contributed by atoms with Crippen molar-refractivity contribution in [2.24, 2.45) is 0 Å². The van der Waals surface area contributed by atoms with Crippen LogP contribution in [0.1, 0.15) is 17.5 Å². The highest BCUT2D eigenvalue weighted by atomic mass is 32.1. The number of anilines is 1. The topological polar surface area (TPSA) is 71.5 Å². The van der Waals surface area contributed by atoms with E-state index in [0.29, 0.717) is 5.13 Å². The lowest BCUT2D eigenvalue weighted by Crippen LogP contribution is -2.15. The lowest BCUT2D eigenvalue weighted by atomic mass is 10.3. The Balaban J connectivity index is 2.53. The van der Waals surface area contributed by atoms with Crippen molar-refractivity contribution in [3.63, 3.8) is 0 Å². The number of nitrogens with zero attached hydrogens (tertiary/aromatic N) is 1. The second-order valence-electron chi connectivity index (χ2n) is 2.86. The summed E-state index contributed by atoms with van der Waals surface area (Å²) < 4.78 is 4.64. The van der Waals surface area contributed by atoms with Gasteiger partial charge in [0.1, 0.15) is 6.61 Å². The van der Waals surface area contributed by atoms with Crippen LogP contribution >= 0.6 is 11.3 Å². The van der Waals surface area contributed by atoms with Crippen LogP contribution in [-0.4, -0.2) is 29.4 Å². The summed E-state index contributed by atoms with van der Waals surface area (Å²) in [6.07, 6.45) is 0.260. The Hall–Kier alpha value is -1.14. The number of thiazole rings is 1. The van der Waals surface area contributed by atoms with E-state index in [-0.39, 0.29) is 13.2 Å². The minimum Gasteiger partial charge on any atom is -0.447 e. The lowest BCUT2D eigenvalue weighted by Gasteiger charge is -2.01. The highest BCUT2D eigenvalue weighted by molar-refractivity contribution is 7.15. The van der Waals surface area contributed by atoms with Gasteiger partial charge in [-0.25, -0.2) is 9.78 Å². The van der Waals surface area contributed by atoms with Crippen LogP contribution in [0.2, 0.25) is 0 Å². The molecule has 0 aliphatic carbocycles. The number of carbonyl (C=O) groups excluding carboxylic acids is 1. The molecule has 1 heterocycles. The molecule has 5 nitrogen and oxygen atoms in total. The quantitative estimate of drug-likeness (QED) is 0.823. The van der Waals surface area contributed by atoms with Crippen molar-refractivity contribution >= 4 is 22.6 Å². The maximum Gasteiger partial charge on any atom is 0.413 e. The van der Waals surface area contributed by atoms with E-state index >= 15 is 0 Å². The van der Waals surface area contributed by atoms with E-state index in [2.05, 4.69) is 15.0 Å². The third kappa shape index (κ3) is 3.49. The molecule has 0 fully saturated rings. The van der Waals surface area contributed by atoms with Crippen molar-refractivity contribution in [1.29, 1.82) is 0 Å². The molecule has 0 aliphatic heterocycles. The Bertz CT molecular complexity index is 338. The van der Waals surface area contributed by atoms with Crippen molar-refractivity contribution in [3.05, 3.63) is 10.6 Å². The number of aliphatic hydroxyl groups excluding tert-OH is 1. The molecular formula is C9H14N2O3S. The summed E-state index contributed by atoms with van der Waals surface area (Å²) in [5.74, 6) is 0. The largest absolute Gasteiger partial charge is 0.447 e. The number of aryl methyl sites for hydroxylation is 2. The van der Waals surface area contributed by atoms with Crippen LogP contribution in [0.25, 0.3) is 0 Å². The van der Waals surface area contributed by atoms with Crippen LogP contribution in [0, 0.1) is 6.92 Å². The van der Waals surface area contributed by atoms with Crippen LogP contribution in [-0.2, 0) is 11.2 Å². The molecule has 1 rings (SSSR count). The number of hydrogen-bond acceptors (Lipinski definition) is 5. The molecule has 0 bridgehead atoms. The van der Waals surface area contributed by atoms with Crippen LogP contribution in [0.4, 0.5) is 9.93 Å². The van der Waals surface area contributed by atoms with E-state index < -0.39 is 6.09 Å². The van der Waals surface area contributed by atoms with E-state index in [1.165, 1.54) is 11.3 Å². The first-order valence-corrected chi connectivity index (χ1v) is 5.50. The monoisotopic (exact) mass is 230 g/mol. The van der Waals surface area contributed by atoms with E-state index in [4.69, 9.17) is 5.11 Å². The van der Waals surface area contributed by atoms with Crippen LogP contribution in [0.15, 0.2) is 0 Å². The predicted molar refractivity (Wildman–Crippen MR) is 58.3 cm³/mol. The molecule has 0 spiro atoms. The zero-order chi connectivity index (χ0) is 11.3. The van der Waals surface area contributed by atoms with Crippen LogP contribution in [0.3, 0.4) is 0 Å². The van der Waals surface area contributed by atoms with Gasteiger partial charge in [0, 0.05) is 4.88 Å². The zero-order valence-corrected chi connectivity index (χ0v) is 9.56. The van der Waals surface area contributed by atoms with Gasteiger partial charge in [-0.2, -0.15) is 0 Å². The molecule has 1 amide bonds. The van der Waals surface area contributed by atoms with Gasteiger partial charge >= 0.3 is 6.09 Å². The van der Waals surface area contributed by atoms with Crippen molar-refractivity contribution < 1.29 is 14.6 Å². The summed E-state index contributed by atoms with van der Waals surface area (Å²) in [7, 11) is 0. The lowest BCUT2D eigenvalue weighted by molar-refractivity contribution is 0.131. The Morgan fingerprint density at radius 2 is 2.40 bits per heavy atom. The molecule has 15 heavy (non-hydrogen) atoms. The van der Waals surface area contributed by atoms with Crippen molar-refractivity contribution in [3.8, 4) is 0 Å². The molecule has 2 N–H and O–H groups in total. The number of hydrogen-bond donors (Lipinski definition) is 2. The number of amides is 1. The third-order valence-electron chi connectivity index (χ3n) is 1.76. The number of ether oxygens (including phenoxy) is 1. The normalized spacial score (nSPS) is 10.1. The number of carbonyl (C=O) groups is 1. The summed E-state index contributed by atoms with van der Waals surface area (Å²) in [6, 6.07) is 0. The minimum absolute atomic E-state index is 0.00315. The Labute approximate surface area is 92.1 Å². The van der Waals surface area contributed by atoms with Gasteiger partial charge in [-0.1, -0.05) is 6.92 Å². The molecule has 0 atom stereocenters. The first-order chi connectivity index (χ1) is 7.17. The number of rotatable bonds is 4. The molecule has 0 radical (unpaired) electrons. The van der Waals surface area contributed by atoms with Gasteiger partial charge in [-0.15, -0.1) is 11.3 Å². The average molecular weight is 230 g/mol. The van der Waals surface area contributed by atoms with Gasteiger partial charge in [0.05, 0.1) is 12.3 Å². The first kappa shape index (κ1) is 11.9. The number of nitrogens with one attached hydrogen (secondary N) is 1. The summed E-state index contributed by atoms with van der Waals surface area (Å²) >= 11 is 1.42. The highest BCUT2D eigenvalue weighted by Gasteiger charge is 2.09. The molecule has 1 aromatic rings. The van der Waals surface area contributed by atoms with Gasteiger partial charge in [0.25, 0.3) is 0 Å². The molecule has 6 heteroatoms. The Morgan fingerprint density at radius 3 is 2.93 bits per heavy atom. The fourth-order valence-corrected chi connectivity index (χ4v) is 1.96.